The Balaban J connectivity index is 0.00000363. The summed E-state index contributed by atoms with van der Waals surface area (Å²) in [5.41, 5.74) is 3.61. The minimum atomic E-state index is 0. The average Bonchev–Trinajstić information content (AvgIpc) is 2.81. The van der Waals surface area contributed by atoms with Gasteiger partial charge in [-0.3, -0.25) is 4.90 Å². The molecule has 1 aliphatic rings. The monoisotopic (exact) mass is 554 g/mol. The molecule has 1 fully saturated rings. The number of hydrogen-bond donors (Lipinski definition) is 2. The minimum Gasteiger partial charge on any atom is -0.493 e. The van der Waals surface area contributed by atoms with Crippen molar-refractivity contribution in [2.24, 2.45) is 4.99 Å². The van der Waals surface area contributed by atoms with E-state index in [-0.39, 0.29) is 24.0 Å². The highest BCUT2D eigenvalue weighted by molar-refractivity contribution is 14.0. The highest BCUT2D eigenvalue weighted by Gasteiger charge is 2.11. The Morgan fingerprint density at radius 2 is 1.72 bits per heavy atom. The third-order valence-electron chi connectivity index (χ3n) is 5.17. The van der Waals surface area contributed by atoms with Gasteiger partial charge in [-0.2, -0.15) is 0 Å². The first-order valence-corrected chi connectivity index (χ1v) is 10.8. The van der Waals surface area contributed by atoms with Crippen LogP contribution in [-0.2, 0) is 24.4 Å². The smallest absolute Gasteiger partial charge is 0.191 e. The molecule has 1 heterocycles. The van der Waals surface area contributed by atoms with Gasteiger partial charge in [0.2, 0.25) is 0 Å². The number of hydrogen-bond acceptors (Lipinski definition) is 5. The van der Waals surface area contributed by atoms with Gasteiger partial charge in [0, 0.05) is 32.7 Å². The van der Waals surface area contributed by atoms with Crippen LogP contribution in [0, 0.1) is 0 Å². The van der Waals surface area contributed by atoms with E-state index in [1.165, 1.54) is 11.1 Å². The maximum absolute atomic E-state index is 5.44. The van der Waals surface area contributed by atoms with Crippen LogP contribution in [0.3, 0.4) is 0 Å². The number of nitrogens with zero attached hydrogens (tertiary/aromatic N) is 2. The second-order valence-electron chi connectivity index (χ2n) is 7.45. The second-order valence-corrected chi connectivity index (χ2v) is 7.45. The van der Waals surface area contributed by atoms with Gasteiger partial charge < -0.3 is 24.8 Å². The van der Waals surface area contributed by atoms with Crippen LogP contribution in [0.15, 0.2) is 47.5 Å². The average molecular weight is 554 g/mol. The molecule has 1 saturated heterocycles. The second kappa shape index (κ2) is 14.2. The van der Waals surface area contributed by atoms with Crippen molar-refractivity contribution in [1.29, 1.82) is 0 Å². The number of guanidine groups is 1. The number of aliphatic imine (C=N–C) groups is 1. The van der Waals surface area contributed by atoms with Crippen molar-refractivity contribution in [2.75, 3.05) is 47.1 Å². The molecule has 1 aliphatic heterocycles. The largest absolute Gasteiger partial charge is 0.493 e. The molecular formula is C24H35IN4O3. The summed E-state index contributed by atoms with van der Waals surface area (Å²) in [5, 5.41) is 6.71. The molecule has 0 saturated carbocycles. The SMILES string of the molecule is CCNC(=NCc1cccc(CN2CCOCC2)c1)NCc1ccc(OC)c(OC)c1.I. The van der Waals surface area contributed by atoms with Crippen molar-refractivity contribution in [2.45, 2.75) is 26.6 Å². The van der Waals surface area contributed by atoms with Crippen molar-refractivity contribution in [3.8, 4) is 11.5 Å². The Kier molecular flexibility index (Phi) is 11.6. The molecule has 0 bridgehead atoms. The van der Waals surface area contributed by atoms with E-state index in [0.29, 0.717) is 13.1 Å². The lowest BCUT2D eigenvalue weighted by atomic mass is 10.1. The molecule has 0 spiro atoms. The Bertz CT molecular complexity index is 857. The fraction of sp³-hybridized carbons (Fsp3) is 0.458. The van der Waals surface area contributed by atoms with Gasteiger partial charge in [-0.1, -0.05) is 30.3 Å². The first kappa shape index (κ1) is 26.2. The Morgan fingerprint density at radius 3 is 2.44 bits per heavy atom. The Labute approximate surface area is 208 Å². The predicted octanol–water partition coefficient (Wildman–Crippen LogP) is 3.41. The molecule has 32 heavy (non-hydrogen) atoms. The van der Waals surface area contributed by atoms with Gasteiger partial charge in [0.05, 0.1) is 34.0 Å². The van der Waals surface area contributed by atoms with E-state index in [1.807, 2.05) is 18.2 Å². The van der Waals surface area contributed by atoms with E-state index < -0.39 is 0 Å². The lowest BCUT2D eigenvalue weighted by molar-refractivity contribution is 0.0342. The summed E-state index contributed by atoms with van der Waals surface area (Å²) < 4.78 is 16.1. The zero-order valence-electron chi connectivity index (χ0n) is 19.2. The molecule has 0 unspecified atom stereocenters. The first-order chi connectivity index (χ1) is 15.2. The van der Waals surface area contributed by atoms with Crippen molar-refractivity contribution >= 4 is 29.9 Å². The maximum atomic E-state index is 5.44. The molecule has 2 aromatic carbocycles. The van der Waals surface area contributed by atoms with Crippen LogP contribution in [0.25, 0.3) is 0 Å². The Morgan fingerprint density at radius 1 is 0.969 bits per heavy atom. The van der Waals surface area contributed by atoms with Gasteiger partial charge in [0.25, 0.3) is 0 Å². The first-order valence-electron chi connectivity index (χ1n) is 10.8. The summed E-state index contributed by atoms with van der Waals surface area (Å²) in [7, 11) is 3.29. The van der Waals surface area contributed by atoms with Crippen LogP contribution in [-0.4, -0.2) is 57.9 Å². The van der Waals surface area contributed by atoms with Crippen molar-refractivity contribution < 1.29 is 14.2 Å². The van der Waals surface area contributed by atoms with Gasteiger partial charge in [-0.05, 0) is 35.7 Å². The van der Waals surface area contributed by atoms with E-state index in [1.54, 1.807) is 14.2 Å². The fourth-order valence-corrected chi connectivity index (χ4v) is 3.53. The van der Waals surface area contributed by atoms with Gasteiger partial charge in [0.15, 0.2) is 17.5 Å². The van der Waals surface area contributed by atoms with Crippen LogP contribution >= 0.6 is 24.0 Å². The topological polar surface area (TPSA) is 67.4 Å². The predicted molar refractivity (Wildman–Crippen MR) is 139 cm³/mol. The fourth-order valence-electron chi connectivity index (χ4n) is 3.53. The number of rotatable bonds is 9. The minimum absolute atomic E-state index is 0. The molecular weight excluding hydrogens is 519 g/mol. The lowest BCUT2D eigenvalue weighted by Crippen LogP contribution is -2.36. The molecule has 0 amide bonds. The number of halogens is 1. The quantitative estimate of drug-likeness (QED) is 0.282. The normalized spacial score (nSPS) is 14.4. The van der Waals surface area contributed by atoms with E-state index >= 15 is 0 Å². The van der Waals surface area contributed by atoms with Gasteiger partial charge in [-0.25, -0.2) is 4.99 Å². The van der Waals surface area contributed by atoms with E-state index in [4.69, 9.17) is 19.2 Å². The Hall–Kier alpha value is -2.04. The summed E-state index contributed by atoms with van der Waals surface area (Å²) in [5.74, 6) is 2.24. The van der Waals surface area contributed by atoms with E-state index in [0.717, 1.165) is 62.4 Å². The molecule has 176 valence electrons. The third kappa shape index (κ3) is 8.14. The lowest BCUT2D eigenvalue weighted by Gasteiger charge is -2.26. The number of ether oxygens (including phenoxy) is 3. The number of morpholine rings is 1. The van der Waals surface area contributed by atoms with Gasteiger partial charge in [0.1, 0.15) is 0 Å². The van der Waals surface area contributed by atoms with Crippen LogP contribution in [0.2, 0.25) is 0 Å². The molecule has 0 radical (unpaired) electrons. The number of methoxy groups -OCH3 is 2. The van der Waals surface area contributed by atoms with Crippen molar-refractivity contribution in [1.82, 2.24) is 15.5 Å². The molecule has 8 heteroatoms. The molecule has 0 aliphatic carbocycles. The standard InChI is InChI=1S/C24H34N4O3.HI/c1-4-25-24(27-17-20-8-9-22(29-2)23(15-20)30-3)26-16-19-6-5-7-21(14-19)18-28-10-12-31-13-11-28;/h5-9,14-15H,4,10-13,16-18H2,1-3H3,(H2,25,26,27);1H. The van der Waals surface area contributed by atoms with E-state index in [9.17, 15) is 0 Å². The van der Waals surface area contributed by atoms with Gasteiger partial charge in [-0.15, -0.1) is 24.0 Å². The highest BCUT2D eigenvalue weighted by atomic mass is 127. The highest BCUT2D eigenvalue weighted by Crippen LogP contribution is 2.27. The number of nitrogens with one attached hydrogen (secondary N) is 2. The third-order valence-corrected chi connectivity index (χ3v) is 5.17. The van der Waals surface area contributed by atoms with Gasteiger partial charge >= 0.3 is 0 Å². The molecule has 7 nitrogen and oxygen atoms in total. The molecule has 2 aromatic rings. The maximum Gasteiger partial charge on any atom is 0.191 e. The summed E-state index contributed by atoms with van der Waals surface area (Å²) in [4.78, 5) is 7.20. The summed E-state index contributed by atoms with van der Waals surface area (Å²) in [6.45, 7) is 8.72. The molecule has 0 atom stereocenters. The summed E-state index contributed by atoms with van der Waals surface area (Å²) in [6.07, 6.45) is 0. The summed E-state index contributed by atoms with van der Waals surface area (Å²) in [6, 6.07) is 14.6. The zero-order chi connectivity index (χ0) is 21.9. The molecule has 0 aromatic heterocycles. The zero-order valence-corrected chi connectivity index (χ0v) is 21.6. The van der Waals surface area contributed by atoms with Crippen molar-refractivity contribution in [3.05, 3.63) is 59.2 Å². The van der Waals surface area contributed by atoms with Crippen LogP contribution in [0.1, 0.15) is 23.6 Å². The van der Waals surface area contributed by atoms with Crippen LogP contribution < -0.4 is 20.1 Å². The van der Waals surface area contributed by atoms with Crippen LogP contribution in [0.4, 0.5) is 0 Å². The molecule has 2 N–H and O–H groups in total. The van der Waals surface area contributed by atoms with E-state index in [2.05, 4.69) is 46.7 Å². The number of benzene rings is 2. The molecule has 3 rings (SSSR count). The summed E-state index contributed by atoms with van der Waals surface area (Å²) >= 11 is 0. The van der Waals surface area contributed by atoms with Crippen LogP contribution in [0.5, 0.6) is 11.5 Å². The van der Waals surface area contributed by atoms with Crippen molar-refractivity contribution in [3.63, 3.8) is 0 Å².